The van der Waals surface area contributed by atoms with Crippen LogP contribution in [0.5, 0.6) is 0 Å². The summed E-state index contributed by atoms with van der Waals surface area (Å²) < 4.78 is 5.36. The van der Waals surface area contributed by atoms with E-state index in [9.17, 15) is 4.79 Å². The van der Waals surface area contributed by atoms with E-state index in [2.05, 4.69) is 30.2 Å². The number of fused-ring (bicyclic) bond motifs is 1. The van der Waals surface area contributed by atoms with E-state index < -0.39 is 0 Å². The molecule has 1 saturated heterocycles. The minimum Gasteiger partial charge on any atom is -0.378 e. The van der Waals surface area contributed by atoms with Crippen molar-refractivity contribution in [2.75, 3.05) is 31.2 Å². The second-order valence-corrected chi connectivity index (χ2v) is 5.87. The van der Waals surface area contributed by atoms with Crippen molar-refractivity contribution in [3.63, 3.8) is 0 Å². The average Bonchev–Trinajstić information content (AvgIpc) is 2.72. The number of nitrogens with one attached hydrogen (secondary N) is 1. The summed E-state index contributed by atoms with van der Waals surface area (Å²) in [5.74, 6) is 1.23. The molecule has 1 fully saturated rings. The third-order valence-corrected chi connectivity index (χ3v) is 4.16. The van der Waals surface area contributed by atoms with E-state index in [4.69, 9.17) is 4.74 Å². The van der Waals surface area contributed by atoms with Crippen molar-refractivity contribution >= 4 is 22.8 Å². The maximum Gasteiger partial charge on any atom is 0.251 e. The van der Waals surface area contributed by atoms with E-state index in [1.807, 2.05) is 6.07 Å². The number of aromatic nitrogens is 4. The third kappa shape index (κ3) is 3.60. The summed E-state index contributed by atoms with van der Waals surface area (Å²) in [5.41, 5.74) is 1.97. The molecule has 0 aliphatic carbocycles. The van der Waals surface area contributed by atoms with Crippen LogP contribution in [0, 0.1) is 0 Å². The number of carbonyl (C=O) groups is 1. The van der Waals surface area contributed by atoms with E-state index in [-0.39, 0.29) is 12.5 Å². The van der Waals surface area contributed by atoms with Gasteiger partial charge in [-0.05, 0) is 24.3 Å². The minimum absolute atomic E-state index is 0.196. The number of hydrogen-bond acceptors (Lipinski definition) is 7. The highest BCUT2D eigenvalue weighted by molar-refractivity contribution is 5.97. The van der Waals surface area contributed by atoms with Gasteiger partial charge in [0.05, 0.1) is 30.8 Å². The van der Waals surface area contributed by atoms with Gasteiger partial charge in [0.25, 0.3) is 5.91 Å². The van der Waals surface area contributed by atoms with E-state index in [0.29, 0.717) is 30.1 Å². The molecule has 1 aliphatic heterocycles. The zero-order valence-corrected chi connectivity index (χ0v) is 14.1. The van der Waals surface area contributed by atoms with Gasteiger partial charge in [-0.3, -0.25) is 14.8 Å². The molecular formula is C18H18N6O2. The molecule has 0 bridgehead atoms. The first kappa shape index (κ1) is 16.3. The van der Waals surface area contributed by atoms with Crippen molar-refractivity contribution < 1.29 is 9.53 Å². The number of rotatable bonds is 4. The zero-order valence-electron chi connectivity index (χ0n) is 14.1. The first-order chi connectivity index (χ1) is 12.8. The highest BCUT2D eigenvalue weighted by Gasteiger charge is 2.13. The Morgan fingerprint density at radius 1 is 1.04 bits per heavy atom. The first-order valence-electron chi connectivity index (χ1n) is 8.43. The van der Waals surface area contributed by atoms with E-state index in [1.165, 1.54) is 0 Å². The number of morpholine rings is 1. The van der Waals surface area contributed by atoms with Gasteiger partial charge in [-0.15, -0.1) is 0 Å². The smallest absolute Gasteiger partial charge is 0.251 e. The fourth-order valence-corrected chi connectivity index (χ4v) is 2.81. The summed E-state index contributed by atoms with van der Waals surface area (Å²) in [6.07, 6.45) is 4.95. The van der Waals surface area contributed by atoms with Crippen LogP contribution >= 0.6 is 0 Å². The molecule has 1 amide bonds. The Morgan fingerprint density at radius 3 is 2.69 bits per heavy atom. The van der Waals surface area contributed by atoms with Crippen LogP contribution in [-0.4, -0.2) is 52.1 Å². The number of amides is 1. The molecule has 26 heavy (non-hydrogen) atoms. The summed E-state index contributed by atoms with van der Waals surface area (Å²) in [7, 11) is 0. The van der Waals surface area contributed by atoms with Gasteiger partial charge in [0.2, 0.25) is 0 Å². The fourth-order valence-electron chi connectivity index (χ4n) is 2.81. The first-order valence-corrected chi connectivity index (χ1v) is 8.43. The highest BCUT2D eigenvalue weighted by Crippen LogP contribution is 2.13. The molecule has 0 atom stereocenters. The highest BCUT2D eigenvalue weighted by atomic mass is 16.5. The Kier molecular flexibility index (Phi) is 4.65. The maximum atomic E-state index is 12.4. The van der Waals surface area contributed by atoms with Crippen LogP contribution in [0.1, 0.15) is 16.2 Å². The van der Waals surface area contributed by atoms with Crippen molar-refractivity contribution in [3.8, 4) is 0 Å². The molecule has 8 nitrogen and oxygen atoms in total. The topological polar surface area (TPSA) is 93.1 Å². The molecule has 1 N–H and O–H groups in total. The van der Waals surface area contributed by atoms with Crippen molar-refractivity contribution in [1.29, 1.82) is 0 Å². The SMILES string of the molecule is O=C(NCc1nccc(N2CCOCC2)n1)c1ccc2nccnc2c1. The maximum absolute atomic E-state index is 12.4. The lowest BCUT2D eigenvalue weighted by molar-refractivity contribution is 0.0950. The van der Waals surface area contributed by atoms with E-state index in [0.717, 1.165) is 24.4 Å². The summed E-state index contributed by atoms with van der Waals surface area (Å²) in [5, 5.41) is 2.85. The molecule has 8 heteroatoms. The van der Waals surface area contributed by atoms with Crippen LogP contribution in [0.4, 0.5) is 5.82 Å². The molecule has 0 radical (unpaired) electrons. The van der Waals surface area contributed by atoms with Gasteiger partial charge in [-0.1, -0.05) is 0 Å². The van der Waals surface area contributed by atoms with Crippen LogP contribution in [-0.2, 0) is 11.3 Å². The van der Waals surface area contributed by atoms with E-state index >= 15 is 0 Å². The summed E-state index contributed by atoms with van der Waals surface area (Å²) in [4.78, 5) is 31.8. The predicted molar refractivity (Wildman–Crippen MR) is 95.8 cm³/mol. The molecule has 0 spiro atoms. The number of hydrogen-bond donors (Lipinski definition) is 1. The van der Waals surface area contributed by atoms with Crippen LogP contribution in [0.25, 0.3) is 11.0 Å². The average molecular weight is 350 g/mol. The summed E-state index contributed by atoms with van der Waals surface area (Å²) in [6.45, 7) is 3.26. The molecule has 4 rings (SSSR count). The van der Waals surface area contributed by atoms with Gasteiger partial charge in [0, 0.05) is 37.2 Å². The van der Waals surface area contributed by atoms with Gasteiger partial charge < -0.3 is 15.0 Å². The Hall–Kier alpha value is -3.13. The largest absolute Gasteiger partial charge is 0.378 e. The lowest BCUT2D eigenvalue weighted by atomic mass is 10.2. The Balaban J connectivity index is 1.43. The van der Waals surface area contributed by atoms with E-state index in [1.54, 1.807) is 36.8 Å². The van der Waals surface area contributed by atoms with Gasteiger partial charge in [0.1, 0.15) is 11.6 Å². The van der Waals surface area contributed by atoms with Crippen LogP contribution in [0.15, 0.2) is 42.9 Å². The number of nitrogens with zero attached hydrogens (tertiary/aromatic N) is 5. The Labute approximate surface area is 150 Å². The number of carbonyl (C=O) groups excluding carboxylic acids is 1. The monoisotopic (exact) mass is 350 g/mol. The Bertz CT molecular complexity index is 926. The van der Waals surface area contributed by atoms with Gasteiger partial charge in [0.15, 0.2) is 0 Å². The minimum atomic E-state index is -0.196. The molecule has 0 saturated carbocycles. The predicted octanol–water partition coefficient (Wildman–Crippen LogP) is 1.19. The molecular weight excluding hydrogens is 332 g/mol. The van der Waals surface area contributed by atoms with Gasteiger partial charge in [-0.2, -0.15) is 0 Å². The molecule has 2 aromatic heterocycles. The second kappa shape index (κ2) is 7.40. The number of ether oxygens (including phenoxy) is 1. The second-order valence-electron chi connectivity index (χ2n) is 5.87. The standard InChI is InChI=1S/C18H18N6O2/c25-18(13-1-2-14-15(11-13)20-6-5-19-14)22-12-16-21-4-3-17(23-16)24-7-9-26-10-8-24/h1-6,11H,7-10,12H2,(H,22,25). The zero-order chi connectivity index (χ0) is 17.8. The van der Waals surface area contributed by atoms with Crippen LogP contribution in [0.2, 0.25) is 0 Å². The molecule has 3 heterocycles. The summed E-state index contributed by atoms with van der Waals surface area (Å²) in [6, 6.07) is 7.12. The number of benzene rings is 1. The molecule has 3 aromatic rings. The van der Waals surface area contributed by atoms with Crippen molar-refractivity contribution in [2.45, 2.75) is 6.54 Å². The normalized spacial score (nSPS) is 14.4. The third-order valence-electron chi connectivity index (χ3n) is 4.16. The Morgan fingerprint density at radius 2 is 1.85 bits per heavy atom. The molecule has 0 unspecified atom stereocenters. The lowest BCUT2D eigenvalue weighted by Crippen LogP contribution is -2.37. The molecule has 1 aliphatic rings. The number of anilines is 1. The van der Waals surface area contributed by atoms with Crippen LogP contribution in [0.3, 0.4) is 0 Å². The quantitative estimate of drug-likeness (QED) is 0.755. The molecule has 1 aromatic carbocycles. The van der Waals surface area contributed by atoms with Crippen molar-refractivity contribution in [3.05, 3.63) is 54.2 Å². The van der Waals surface area contributed by atoms with Crippen molar-refractivity contribution in [2.24, 2.45) is 0 Å². The summed E-state index contributed by atoms with van der Waals surface area (Å²) >= 11 is 0. The van der Waals surface area contributed by atoms with Crippen molar-refractivity contribution in [1.82, 2.24) is 25.3 Å². The fraction of sp³-hybridized carbons (Fsp3) is 0.278. The van der Waals surface area contributed by atoms with Gasteiger partial charge in [-0.25, -0.2) is 9.97 Å². The lowest BCUT2D eigenvalue weighted by Gasteiger charge is -2.27. The molecule has 132 valence electrons. The van der Waals surface area contributed by atoms with Gasteiger partial charge >= 0.3 is 0 Å². The van der Waals surface area contributed by atoms with Crippen LogP contribution < -0.4 is 10.2 Å².